The molecule has 0 radical (unpaired) electrons. The molecule has 2 aliphatic rings. The average molecular weight is 588 g/mol. The van der Waals surface area contributed by atoms with E-state index in [9.17, 15) is 57.8 Å². The molecule has 0 aliphatic carbocycles. The van der Waals surface area contributed by atoms with Crippen LogP contribution in [0.1, 0.15) is 24.0 Å². The molecule has 4 rings (SSSR count). The second-order valence-electron chi connectivity index (χ2n) is 8.85. The van der Waals surface area contributed by atoms with Gasteiger partial charge in [0.1, 0.15) is 0 Å². The van der Waals surface area contributed by atoms with Gasteiger partial charge in [-0.25, -0.2) is 0 Å². The van der Waals surface area contributed by atoms with Crippen molar-refractivity contribution in [3.8, 4) is 0 Å². The summed E-state index contributed by atoms with van der Waals surface area (Å²) in [4.78, 5) is 0. The fourth-order valence-electron chi connectivity index (χ4n) is 5.34. The van der Waals surface area contributed by atoms with Gasteiger partial charge in [0.2, 0.25) is 0 Å². The maximum absolute atomic E-state index is 14.5. The number of benzene rings is 2. The molecule has 0 amide bonds. The average Bonchev–Trinajstić information content (AvgIpc) is 3.22. The van der Waals surface area contributed by atoms with E-state index in [1.54, 1.807) is 0 Å². The number of unbranched alkanes of at least 4 members (excludes halogenated alkanes) is 1. The minimum atomic E-state index is -6.63. The molecule has 2 aromatic rings. The van der Waals surface area contributed by atoms with Crippen molar-refractivity contribution < 1.29 is 66.8 Å². The minimum absolute atomic E-state index is 0.302. The number of fused-ring (bicyclic) bond motifs is 4. The van der Waals surface area contributed by atoms with Gasteiger partial charge >= 0.3 is 206 Å². The molecule has 0 fully saturated rings. The Kier molecular flexibility index (Phi) is 6.25. The van der Waals surface area contributed by atoms with E-state index < -0.39 is 90.3 Å². The fourth-order valence-corrected chi connectivity index (χ4v) is 11.5. The molecular formula is C22H17F12O3P. The summed E-state index contributed by atoms with van der Waals surface area (Å²) in [5.41, 5.74) is -14.0. The Morgan fingerprint density at radius 2 is 0.921 bits per heavy atom. The first-order chi connectivity index (χ1) is 17.3. The van der Waals surface area contributed by atoms with E-state index in [4.69, 9.17) is 9.05 Å². The van der Waals surface area contributed by atoms with Crippen LogP contribution in [0.4, 0.5) is 52.7 Å². The number of halogens is 12. The van der Waals surface area contributed by atoms with Crippen LogP contribution in [0.25, 0.3) is 0 Å². The molecule has 0 atom stereocenters. The number of hydrogen-bond donors (Lipinski definition) is 1. The second-order valence-corrected chi connectivity index (χ2v) is 12.9. The third-order valence-electron chi connectivity index (χ3n) is 6.77. The molecule has 1 spiro atoms. The van der Waals surface area contributed by atoms with Gasteiger partial charge in [-0.2, -0.15) is 0 Å². The molecule has 0 saturated heterocycles. The standard InChI is InChI=1S/C22H17F12O3P/c23-19(24,25)17(20(26,27)28)13-7-1-3-9-15(13)38(36-17,12-6-5-11-35)16-10-4-2-8-14(16)18(37-38,21(29,30)31)22(32,33)34/h1-4,7-10,35H,5-6,11-12H2. The van der Waals surface area contributed by atoms with Gasteiger partial charge in [0, 0.05) is 0 Å². The Morgan fingerprint density at radius 3 is 1.24 bits per heavy atom. The first kappa shape index (κ1) is 28.9. The predicted octanol–water partition coefficient (Wildman–Crippen LogP) is 6.49. The summed E-state index contributed by atoms with van der Waals surface area (Å²) >= 11 is 0. The van der Waals surface area contributed by atoms with E-state index in [0.717, 1.165) is 24.3 Å². The zero-order chi connectivity index (χ0) is 28.7. The van der Waals surface area contributed by atoms with Gasteiger partial charge in [-0.05, 0) is 0 Å². The Bertz CT molecular complexity index is 1110. The van der Waals surface area contributed by atoms with Gasteiger partial charge in [0.25, 0.3) is 0 Å². The van der Waals surface area contributed by atoms with E-state index >= 15 is 0 Å². The van der Waals surface area contributed by atoms with Crippen LogP contribution < -0.4 is 10.6 Å². The molecule has 0 unspecified atom stereocenters. The molecule has 0 aromatic heterocycles. The topological polar surface area (TPSA) is 38.7 Å². The molecule has 0 bridgehead atoms. The maximum atomic E-state index is 14.5. The monoisotopic (exact) mass is 588 g/mol. The normalized spacial score (nSPS) is 22.5. The molecule has 0 saturated carbocycles. The second kappa shape index (κ2) is 8.21. The zero-order valence-corrected chi connectivity index (χ0v) is 19.6. The van der Waals surface area contributed by atoms with E-state index in [-0.39, 0.29) is 0 Å². The number of alkyl halides is 12. The van der Waals surface area contributed by atoms with E-state index in [1.807, 2.05) is 0 Å². The first-order valence-electron chi connectivity index (χ1n) is 10.8. The summed E-state index contributed by atoms with van der Waals surface area (Å²) in [6, 6.07) is 4.95. The van der Waals surface area contributed by atoms with Crippen LogP contribution >= 0.6 is 7.06 Å². The Labute approximate surface area is 206 Å². The van der Waals surface area contributed by atoms with Crippen LogP contribution in [0.2, 0.25) is 0 Å². The van der Waals surface area contributed by atoms with Crippen molar-refractivity contribution in [2.75, 3.05) is 12.8 Å². The van der Waals surface area contributed by atoms with Crippen LogP contribution in [0.5, 0.6) is 0 Å². The third kappa shape index (κ3) is 3.34. The Morgan fingerprint density at radius 1 is 0.579 bits per heavy atom. The van der Waals surface area contributed by atoms with Crippen LogP contribution in [0, 0.1) is 0 Å². The van der Waals surface area contributed by atoms with Crippen molar-refractivity contribution in [1.82, 2.24) is 0 Å². The van der Waals surface area contributed by atoms with Gasteiger partial charge in [-0.15, -0.1) is 0 Å². The molecule has 38 heavy (non-hydrogen) atoms. The summed E-state index contributed by atoms with van der Waals surface area (Å²) in [6.45, 7) is -0.719. The van der Waals surface area contributed by atoms with Gasteiger partial charge in [0.15, 0.2) is 0 Å². The number of rotatable bonds is 4. The van der Waals surface area contributed by atoms with Gasteiger partial charge in [0.05, 0.1) is 0 Å². The van der Waals surface area contributed by atoms with Crippen LogP contribution in [0.15, 0.2) is 48.5 Å². The molecule has 2 aromatic carbocycles. The van der Waals surface area contributed by atoms with E-state index in [2.05, 4.69) is 0 Å². The van der Waals surface area contributed by atoms with Gasteiger partial charge < -0.3 is 0 Å². The van der Waals surface area contributed by atoms with Crippen LogP contribution in [-0.4, -0.2) is 42.6 Å². The van der Waals surface area contributed by atoms with Gasteiger partial charge in [-0.1, -0.05) is 0 Å². The molecule has 2 aliphatic heterocycles. The predicted molar refractivity (Wildman–Crippen MR) is 110 cm³/mol. The molecule has 16 heteroatoms. The quantitative estimate of drug-likeness (QED) is 0.252. The van der Waals surface area contributed by atoms with Crippen molar-refractivity contribution >= 4 is 17.7 Å². The summed E-state index contributed by atoms with van der Waals surface area (Å²) in [5, 5.41) is 6.82. The molecule has 2 heterocycles. The van der Waals surface area contributed by atoms with Gasteiger partial charge in [-0.3, -0.25) is 0 Å². The van der Waals surface area contributed by atoms with Crippen LogP contribution in [-0.2, 0) is 20.2 Å². The number of aliphatic hydroxyl groups excluding tert-OH is 1. The number of hydrogen-bond acceptors (Lipinski definition) is 3. The molecule has 1 N–H and O–H groups in total. The fraction of sp³-hybridized carbons (Fsp3) is 0.455. The molecular weight excluding hydrogens is 571 g/mol. The summed E-state index contributed by atoms with van der Waals surface area (Å²) in [7, 11) is -6.63. The van der Waals surface area contributed by atoms with Crippen molar-refractivity contribution in [2.24, 2.45) is 0 Å². The Hall–Kier alpha value is -2.09. The van der Waals surface area contributed by atoms with Crippen LogP contribution in [0.3, 0.4) is 0 Å². The summed E-state index contributed by atoms with van der Waals surface area (Å²) in [5.74, 6) is 0. The Balaban J connectivity index is 2.26. The SMILES string of the molecule is OCCCCP12(OC(C(F)(F)F)(C(F)(F)F)c3ccccc31)OC(C(F)(F)F)(C(F)(F)F)c1ccccc12. The van der Waals surface area contributed by atoms with Crippen molar-refractivity contribution in [3.05, 3.63) is 59.7 Å². The van der Waals surface area contributed by atoms with E-state index in [1.165, 1.54) is 0 Å². The first-order valence-corrected chi connectivity index (χ1v) is 13.0. The number of aliphatic hydroxyl groups is 1. The molecule has 212 valence electrons. The third-order valence-corrected chi connectivity index (χ3v) is 11.9. The van der Waals surface area contributed by atoms with Crippen molar-refractivity contribution in [1.29, 1.82) is 0 Å². The summed E-state index contributed by atoms with van der Waals surface area (Å²) < 4.78 is 183. The zero-order valence-electron chi connectivity index (χ0n) is 18.7. The summed E-state index contributed by atoms with van der Waals surface area (Å²) in [6.07, 6.45) is -27.8. The van der Waals surface area contributed by atoms with Crippen molar-refractivity contribution in [3.63, 3.8) is 0 Å². The van der Waals surface area contributed by atoms with E-state index in [0.29, 0.717) is 24.3 Å². The molecule has 3 nitrogen and oxygen atoms in total. The van der Waals surface area contributed by atoms with Crippen molar-refractivity contribution in [2.45, 2.75) is 48.7 Å².